The van der Waals surface area contributed by atoms with Gasteiger partial charge in [-0.3, -0.25) is 25.4 Å². The molecule has 1 atom stereocenters. The zero-order chi connectivity index (χ0) is 26.6. The van der Waals surface area contributed by atoms with Crippen LogP contribution in [0.15, 0.2) is 66.9 Å². The zero-order valence-corrected chi connectivity index (χ0v) is 20.6. The second-order valence-corrected chi connectivity index (χ2v) is 8.94. The molecule has 5 rings (SSSR count). The van der Waals surface area contributed by atoms with E-state index >= 15 is 0 Å². The molecule has 2 aromatic carbocycles. The number of rotatable bonds is 7. The highest BCUT2D eigenvalue weighted by Crippen LogP contribution is 2.30. The van der Waals surface area contributed by atoms with Crippen molar-refractivity contribution < 1.29 is 18.4 Å². The molecule has 2 aromatic heterocycles. The van der Waals surface area contributed by atoms with Gasteiger partial charge in [-0.05, 0) is 42.8 Å². The number of carbonyl (C=O) groups excluding carboxylic acids is 2. The minimum Gasteiger partial charge on any atom is -0.349 e. The number of nitrogens with one attached hydrogen (secondary N) is 4. The first-order valence-corrected chi connectivity index (χ1v) is 12.1. The molecule has 194 valence electrons. The number of hydrazine groups is 1. The van der Waals surface area contributed by atoms with Crippen LogP contribution in [0.4, 0.5) is 14.6 Å². The van der Waals surface area contributed by atoms with Gasteiger partial charge in [0.05, 0.1) is 16.3 Å². The van der Waals surface area contributed by atoms with E-state index in [0.29, 0.717) is 12.2 Å². The van der Waals surface area contributed by atoms with Crippen molar-refractivity contribution in [3.63, 3.8) is 0 Å². The smallest absolute Gasteiger partial charge is 0.271 e. The number of hydrogen-bond acceptors (Lipinski definition) is 6. The summed E-state index contributed by atoms with van der Waals surface area (Å²) in [5.41, 5.74) is 6.16. The minimum absolute atomic E-state index is 0.0801. The van der Waals surface area contributed by atoms with Crippen molar-refractivity contribution in [2.24, 2.45) is 0 Å². The van der Waals surface area contributed by atoms with E-state index in [9.17, 15) is 18.4 Å². The molecule has 1 unspecified atom stereocenters. The van der Waals surface area contributed by atoms with E-state index in [1.54, 1.807) is 24.3 Å². The lowest BCUT2D eigenvalue weighted by molar-refractivity contribution is 0.0943. The number of hydrogen-bond donors (Lipinski definition) is 4. The van der Waals surface area contributed by atoms with Crippen LogP contribution in [0.1, 0.15) is 27.3 Å². The van der Waals surface area contributed by atoms with Gasteiger partial charge < -0.3 is 10.6 Å². The molecular formula is C26H22ClF2N7O2. The second-order valence-electron chi connectivity index (χ2n) is 8.53. The molecule has 9 nitrogen and oxygen atoms in total. The maximum absolute atomic E-state index is 14.7. The minimum atomic E-state index is -0.829. The summed E-state index contributed by atoms with van der Waals surface area (Å²) in [5.74, 6) is -2.53. The van der Waals surface area contributed by atoms with Crippen molar-refractivity contribution in [2.75, 3.05) is 18.4 Å². The summed E-state index contributed by atoms with van der Waals surface area (Å²) in [4.78, 5) is 30.0. The van der Waals surface area contributed by atoms with Crippen LogP contribution in [0, 0.1) is 11.6 Å². The fourth-order valence-corrected chi connectivity index (χ4v) is 4.25. The third-order valence-corrected chi connectivity index (χ3v) is 6.25. The van der Waals surface area contributed by atoms with Gasteiger partial charge in [0, 0.05) is 37.0 Å². The fourth-order valence-electron chi connectivity index (χ4n) is 4.01. The summed E-state index contributed by atoms with van der Waals surface area (Å²) in [6.45, 7) is 1.20. The molecule has 0 radical (unpaired) electrons. The van der Waals surface area contributed by atoms with Gasteiger partial charge in [0.2, 0.25) is 0 Å². The van der Waals surface area contributed by atoms with Gasteiger partial charge in [-0.1, -0.05) is 29.8 Å². The molecule has 38 heavy (non-hydrogen) atoms. The van der Waals surface area contributed by atoms with Crippen molar-refractivity contribution in [1.82, 2.24) is 30.9 Å². The van der Waals surface area contributed by atoms with Gasteiger partial charge in [-0.2, -0.15) is 5.10 Å². The Morgan fingerprint density at radius 2 is 1.87 bits per heavy atom. The topological polar surface area (TPSA) is 113 Å². The first-order valence-electron chi connectivity index (χ1n) is 11.7. The molecule has 4 aromatic rings. The molecule has 2 amide bonds. The number of para-hydroxylation sites is 1. The summed E-state index contributed by atoms with van der Waals surface area (Å²) in [7, 11) is 0. The van der Waals surface area contributed by atoms with E-state index in [1.807, 2.05) is 6.07 Å². The molecule has 0 aliphatic carbocycles. The molecule has 0 bridgehead atoms. The molecule has 4 N–H and O–H groups in total. The maximum Gasteiger partial charge on any atom is 0.271 e. The SMILES string of the molecule is O=C(NCC1CCNN1)c1cc(NC(=O)c2cc(-c3ncccc3F)c(F)cc2Cl)n(-c2ccccc2)n1. The molecule has 1 aliphatic rings. The second kappa shape index (κ2) is 11.1. The van der Waals surface area contributed by atoms with Gasteiger partial charge >= 0.3 is 0 Å². The standard InChI is InChI=1S/C26H22ClF2N7O2/c27-19-12-21(29)18(24-20(28)7-4-9-30-24)11-17(19)25(37)33-23-13-22(26(38)31-14-15-8-10-32-34-15)35-36(23)16-5-2-1-3-6-16/h1-7,9,11-13,15,32,34H,8,10,14H2,(H,31,38)(H,33,37). The molecular weight excluding hydrogens is 516 g/mol. The fraction of sp³-hybridized carbons (Fsp3) is 0.154. The summed E-state index contributed by atoms with van der Waals surface area (Å²) >= 11 is 6.19. The van der Waals surface area contributed by atoms with Crippen LogP contribution in [0.2, 0.25) is 5.02 Å². The van der Waals surface area contributed by atoms with Gasteiger partial charge in [0.1, 0.15) is 23.1 Å². The summed E-state index contributed by atoms with van der Waals surface area (Å²) < 4.78 is 30.4. The van der Waals surface area contributed by atoms with Crippen molar-refractivity contribution in [1.29, 1.82) is 0 Å². The Morgan fingerprint density at radius 1 is 1.05 bits per heavy atom. The van der Waals surface area contributed by atoms with E-state index in [1.165, 1.54) is 23.0 Å². The van der Waals surface area contributed by atoms with Crippen LogP contribution in [0.25, 0.3) is 16.9 Å². The number of benzene rings is 2. The lowest BCUT2D eigenvalue weighted by atomic mass is 10.1. The lowest BCUT2D eigenvalue weighted by Gasteiger charge is -2.12. The normalized spacial score (nSPS) is 14.9. The predicted molar refractivity (Wildman–Crippen MR) is 138 cm³/mol. The van der Waals surface area contributed by atoms with Crippen molar-refractivity contribution in [3.8, 4) is 16.9 Å². The number of nitrogens with zero attached hydrogens (tertiary/aromatic N) is 3. The zero-order valence-electron chi connectivity index (χ0n) is 19.8. The van der Waals surface area contributed by atoms with Crippen LogP contribution in [0.5, 0.6) is 0 Å². The molecule has 1 aliphatic heterocycles. The van der Waals surface area contributed by atoms with Gasteiger partial charge in [0.25, 0.3) is 11.8 Å². The number of carbonyl (C=O) groups is 2. The summed E-state index contributed by atoms with van der Waals surface area (Å²) in [6.07, 6.45) is 2.18. The maximum atomic E-state index is 14.7. The quantitative estimate of drug-likeness (QED) is 0.286. The third-order valence-electron chi connectivity index (χ3n) is 5.93. The Morgan fingerprint density at radius 3 is 2.61 bits per heavy atom. The number of pyridine rings is 1. The van der Waals surface area contributed by atoms with Gasteiger partial charge in [-0.15, -0.1) is 0 Å². The molecule has 1 saturated heterocycles. The number of amides is 2. The average Bonchev–Trinajstić information content (AvgIpc) is 3.59. The van der Waals surface area contributed by atoms with Crippen LogP contribution < -0.4 is 21.5 Å². The molecule has 0 spiro atoms. The predicted octanol–water partition coefficient (Wildman–Crippen LogP) is 3.71. The van der Waals surface area contributed by atoms with Gasteiger partial charge in [-0.25, -0.2) is 13.5 Å². The Kier molecular flexibility index (Phi) is 7.40. The molecule has 12 heteroatoms. The van der Waals surface area contributed by atoms with E-state index in [-0.39, 0.29) is 39.4 Å². The Bertz CT molecular complexity index is 1490. The van der Waals surface area contributed by atoms with E-state index in [0.717, 1.165) is 31.2 Å². The lowest BCUT2D eigenvalue weighted by Crippen LogP contribution is -2.40. The largest absolute Gasteiger partial charge is 0.349 e. The van der Waals surface area contributed by atoms with Crippen molar-refractivity contribution in [3.05, 3.63) is 94.8 Å². The first-order chi connectivity index (χ1) is 18.4. The van der Waals surface area contributed by atoms with E-state index < -0.39 is 23.4 Å². The van der Waals surface area contributed by atoms with E-state index in [4.69, 9.17) is 11.6 Å². The average molecular weight is 538 g/mol. The summed E-state index contributed by atoms with van der Waals surface area (Å²) in [5, 5.41) is 9.73. The highest BCUT2D eigenvalue weighted by Gasteiger charge is 2.23. The van der Waals surface area contributed by atoms with Crippen molar-refractivity contribution >= 4 is 29.2 Å². The Balaban J connectivity index is 1.45. The number of halogens is 3. The highest BCUT2D eigenvalue weighted by atomic mass is 35.5. The third kappa shape index (κ3) is 5.40. The Hall–Kier alpha value is -4.19. The molecule has 0 saturated carbocycles. The van der Waals surface area contributed by atoms with Crippen LogP contribution in [0.3, 0.4) is 0 Å². The van der Waals surface area contributed by atoms with E-state index in [2.05, 4.69) is 31.6 Å². The van der Waals surface area contributed by atoms with Crippen LogP contribution in [-0.2, 0) is 0 Å². The van der Waals surface area contributed by atoms with Crippen LogP contribution >= 0.6 is 11.6 Å². The first kappa shape index (κ1) is 25.5. The molecule has 1 fully saturated rings. The monoisotopic (exact) mass is 537 g/mol. The highest BCUT2D eigenvalue weighted by molar-refractivity contribution is 6.34. The number of anilines is 1. The summed E-state index contributed by atoms with van der Waals surface area (Å²) in [6, 6.07) is 15.0. The molecule has 3 heterocycles. The van der Waals surface area contributed by atoms with Gasteiger partial charge in [0.15, 0.2) is 5.69 Å². The number of aromatic nitrogens is 3. The Labute approximate surface area is 221 Å². The van der Waals surface area contributed by atoms with Crippen LogP contribution in [-0.4, -0.2) is 45.7 Å². The van der Waals surface area contributed by atoms with Crippen molar-refractivity contribution in [2.45, 2.75) is 12.5 Å².